The average Bonchev–Trinajstić information content (AvgIpc) is 2.43. The van der Waals surface area contributed by atoms with E-state index in [1.54, 1.807) is 0 Å². The fourth-order valence-electron chi connectivity index (χ4n) is 2.71. The van der Waals surface area contributed by atoms with Crippen LogP contribution in [0.25, 0.3) is 0 Å². The van der Waals surface area contributed by atoms with Gasteiger partial charge in [0.1, 0.15) is 0 Å². The van der Waals surface area contributed by atoms with E-state index in [1.165, 1.54) is 5.56 Å². The molecular weight excluding hydrogens is 322 g/mol. The maximum absolute atomic E-state index is 12.1. The molecule has 108 valence electrons. The standard InChI is InChI=1S/C15H18BrNO3/c16-13-3-1-2-11(7-13)6-12-8-17(9-12)15(18)14-10-19-4-5-20-14/h1-3,7,12,14H,4-6,8-10H2. The number of hydrogen-bond acceptors (Lipinski definition) is 3. The van der Waals surface area contributed by atoms with Gasteiger partial charge in [-0.2, -0.15) is 0 Å². The molecule has 0 aliphatic carbocycles. The van der Waals surface area contributed by atoms with Crippen molar-refractivity contribution in [1.29, 1.82) is 0 Å². The predicted molar refractivity (Wildman–Crippen MR) is 78.5 cm³/mol. The van der Waals surface area contributed by atoms with Crippen molar-refractivity contribution in [2.45, 2.75) is 12.5 Å². The second kappa shape index (κ2) is 6.24. The summed E-state index contributed by atoms with van der Waals surface area (Å²) in [6, 6.07) is 8.35. The summed E-state index contributed by atoms with van der Waals surface area (Å²) >= 11 is 3.48. The summed E-state index contributed by atoms with van der Waals surface area (Å²) in [5.41, 5.74) is 1.31. The Morgan fingerprint density at radius 3 is 2.90 bits per heavy atom. The van der Waals surface area contributed by atoms with E-state index in [4.69, 9.17) is 9.47 Å². The number of carbonyl (C=O) groups excluding carboxylic acids is 1. The number of ether oxygens (including phenoxy) is 2. The van der Waals surface area contributed by atoms with E-state index in [2.05, 4.69) is 28.1 Å². The SMILES string of the molecule is O=C(C1COCCO1)N1CC(Cc2cccc(Br)c2)C1. The molecular formula is C15H18BrNO3. The van der Waals surface area contributed by atoms with Crippen LogP contribution in [0.5, 0.6) is 0 Å². The van der Waals surface area contributed by atoms with Crippen molar-refractivity contribution in [3.8, 4) is 0 Å². The molecule has 0 spiro atoms. The number of hydrogen-bond donors (Lipinski definition) is 0. The van der Waals surface area contributed by atoms with Gasteiger partial charge in [-0.1, -0.05) is 28.1 Å². The minimum absolute atomic E-state index is 0.0789. The minimum Gasteiger partial charge on any atom is -0.376 e. The Morgan fingerprint density at radius 1 is 1.35 bits per heavy atom. The molecule has 0 N–H and O–H groups in total. The van der Waals surface area contributed by atoms with Crippen LogP contribution in [-0.2, 0) is 20.7 Å². The van der Waals surface area contributed by atoms with Crippen molar-refractivity contribution in [2.24, 2.45) is 5.92 Å². The van der Waals surface area contributed by atoms with E-state index < -0.39 is 6.10 Å². The van der Waals surface area contributed by atoms with E-state index in [1.807, 2.05) is 17.0 Å². The molecule has 2 aliphatic heterocycles. The largest absolute Gasteiger partial charge is 0.376 e. The first-order valence-corrected chi connectivity index (χ1v) is 7.74. The molecule has 5 heteroatoms. The van der Waals surface area contributed by atoms with Crippen LogP contribution in [0, 0.1) is 5.92 Å². The van der Waals surface area contributed by atoms with E-state index in [9.17, 15) is 4.79 Å². The Morgan fingerprint density at radius 2 is 2.20 bits per heavy atom. The summed E-state index contributed by atoms with van der Waals surface area (Å²) in [7, 11) is 0. The number of nitrogens with zero attached hydrogens (tertiary/aromatic N) is 1. The van der Waals surface area contributed by atoms with Crippen molar-refractivity contribution < 1.29 is 14.3 Å². The minimum atomic E-state index is -0.393. The number of benzene rings is 1. The van der Waals surface area contributed by atoms with Gasteiger partial charge in [-0.25, -0.2) is 0 Å². The van der Waals surface area contributed by atoms with Crippen LogP contribution in [0.15, 0.2) is 28.7 Å². The molecule has 20 heavy (non-hydrogen) atoms. The molecule has 0 bridgehead atoms. The third-order valence-electron chi connectivity index (χ3n) is 3.77. The molecule has 1 atom stereocenters. The molecule has 1 unspecified atom stereocenters. The fraction of sp³-hybridized carbons (Fsp3) is 0.533. The number of carbonyl (C=O) groups is 1. The Balaban J connectivity index is 1.47. The molecule has 2 aliphatic rings. The van der Waals surface area contributed by atoms with Gasteiger partial charge in [0.15, 0.2) is 6.10 Å². The third kappa shape index (κ3) is 3.22. The fourth-order valence-corrected chi connectivity index (χ4v) is 3.16. The second-order valence-electron chi connectivity index (χ2n) is 5.38. The molecule has 0 radical (unpaired) electrons. The second-order valence-corrected chi connectivity index (χ2v) is 6.29. The average molecular weight is 340 g/mol. The zero-order valence-electron chi connectivity index (χ0n) is 11.3. The van der Waals surface area contributed by atoms with Crippen LogP contribution in [0.1, 0.15) is 5.56 Å². The van der Waals surface area contributed by atoms with Crippen LogP contribution >= 0.6 is 15.9 Å². The molecule has 1 amide bonds. The number of likely N-dealkylation sites (tertiary alicyclic amines) is 1. The molecule has 0 saturated carbocycles. The van der Waals surface area contributed by atoms with Crippen LogP contribution in [0.2, 0.25) is 0 Å². The molecule has 2 heterocycles. The van der Waals surface area contributed by atoms with Crippen LogP contribution in [0.3, 0.4) is 0 Å². The van der Waals surface area contributed by atoms with E-state index in [0.29, 0.717) is 25.7 Å². The maximum atomic E-state index is 12.1. The van der Waals surface area contributed by atoms with Crippen LogP contribution in [0.4, 0.5) is 0 Å². The number of rotatable bonds is 3. The Labute approximate surface area is 127 Å². The van der Waals surface area contributed by atoms with Gasteiger partial charge in [0.25, 0.3) is 5.91 Å². The highest BCUT2D eigenvalue weighted by Gasteiger charge is 2.35. The molecule has 1 aromatic rings. The van der Waals surface area contributed by atoms with Crippen LogP contribution < -0.4 is 0 Å². The van der Waals surface area contributed by atoms with Gasteiger partial charge in [0.05, 0.1) is 19.8 Å². The van der Waals surface area contributed by atoms with Gasteiger partial charge in [-0.05, 0) is 30.0 Å². The molecule has 2 fully saturated rings. The number of halogens is 1. The van der Waals surface area contributed by atoms with Crippen molar-refractivity contribution in [3.05, 3.63) is 34.3 Å². The Kier molecular flexibility index (Phi) is 4.38. The zero-order chi connectivity index (χ0) is 13.9. The lowest BCUT2D eigenvalue weighted by atomic mass is 9.92. The summed E-state index contributed by atoms with van der Waals surface area (Å²) in [6.07, 6.45) is 0.626. The molecule has 2 saturated heterocycles. The first-order valence-electron chi connectivity index (χ1n) is 6.95. The number of amides is 1. The Bertz CT molecular complexity index is 482. The first kappa shape index (κ1) is 14.0. The van der Waals surface area contributed by atoms with Gasteiger partial charge in [-0.3, -0.25) is 4.79 Å². The van der Waals surface area contributed by atoms with Gasteiger partial charge in [0, 0.05) is 17.6 Å². The van der Waals surface area contributed by atoms with Crippen molar-refractivity contribution in [1.82, 2.24) is 4.90 Å². The monoisotopic (exact) mass is 339 g/mol. The zero-order valence-corrected chi connectivity index (χ0v) is 12.8. The summed E-state index contributed by atoms with van der Waals surface area (Å²) in [5, 5.41) is 0. The van der Waals surface area contributed by atoms with Crippen molar-refractivity contribution in [3.63, 3.8) is 0 Å². The molecule has 1 aromatic carbocycles. The van der Waals surface area contributed by atoms with E-state index in [0.717, 1.165) is 24.0 Å². The molecule has 3 rings (SSSR count). The van der Waals surface area contributed by atoms with Gasteiger partial charge in [-0.15, -0.1) is 0 Å². The van der Waals surface area contributed by atoms with Gasteiger partial charge >= 0.3 is 0 Å². The summed E-state index contributed by atoms with van der Waals surface area (Å²) in [6.45, 7) is 3.16. The highest BCUT2D eigenvalue weighted by Crippen LogP contribution is 2.23. The van der Waals surface area contributed by atoms with E-state index >= 15 is 0 Å². The molecule has 0 aromatic heterocycles. The smallest absolute Gasteiger partial charge is 0.254 e. The third-order valence-corrected chi connectivity index (χ3v) is 4.27. The van der Waals surface area contributed by atoms with Crippen molar-refractivity contribution in [2.75, 3.05) is 32.9 Å². The summed E-state index contributed by atoms with van der Waals surface area (Å²) in [5.74, 6) is 0.632. The van der Waals surface area contributed by atoms with Gasteiger partial charge in [0.2, 0.25) is 0 Å². The molecule has 4 nitrogen and oxygen atoms in total. The summed E-state index contributed by atoms with van der Waals surface area (Å²) in [4.78, 5) is 14.0. The highest BCUT2D eigenvalue weighted by molar-refractivity contribution is 9.10. The summed E-state index contributed by atoms with van der Waals surface area (Å²) < 4.78 is 11.8. The lowest BCUT2D eigenvalue weighted by Gasteiger charge is -2.41. The first-order chi connectivity index (χ1) is 9.72. The van der Waals surface area contributed by atoms with Gasteiger partial charge < -0.3 is 14.4 Å². The normalized spacial score (nSPS) is 23.4. The van der Waals surface area contributed by atoms with E-state index in [-0.39, 0.29) is 5.91 Å². The van der Waals surface area contributed by atoms with Crippen molar-refractivity contribution >= 4 is 21.8 Å². The quantitative estimate of drug-likeness (QED) is 0.843. The highest BCUT2D eigenvalue weighted by atomic mass is 79.9. The predicted octanol–water partition coefficient (Wildman–Crippen LogP) is 1.87. The lowest BCUT2D eigenvalue weighted by molar-refractivity contribution is -0.163. The lowest BCUT2D eigenvalue weighted by Crippen LogP contribution is -2.56. The maximum Gasteiger partial charge on any atom is 0.254 e. The Hall–Kier alpha value is -0.910. The van der Waals surface area contributed by atoms with Crippen LogP contribution in [-0.4, -0.2) is 49.8 Å². The topological polar surface area (TPSA) is 38.8 Å².